The maximum absolute atomic E-state index is 4.52. The summed E-state index contributed by atoms with van der Waals surface area (Å²) in [6.07, 6.45) is 9.66. The molecule has 1 aliphatic rings. The van der Waals surface area contributed by atoms with Crippen LogP contribution in [-0.2, 0) is 6.54 Å². The number of nitrogens with zero attached hydrogens (tertiary/aromatic N) is 3. The van der Waals surface area contributed by atoms with Crippen LogP contribution in [0.5, 0.6) is 0 Å². The normalized spacial score (nSPS) is 18.0. The number of aromatic nitrogens is 2. The highest BCUT2D eigenvalue weighted by molar-refractivity contribution is 5.08. The second-order valence-electron chi connectivity index (χ2n) is 7.47. The molecule has 21 heavy (non-hydrogen) atoms. The number of rotatable bonds is 7. The van der Waals surface area contributed by atoms with Crippen molar-refractivity contribution in [2.75, 3.05) is 19.6 Å². The topological polar surface area (TPSA) is 21.1 Å². The summed E-state index contributed by atoms with van der Waals surface area (Å²) in [5.74, 6) is 2.24. The smallest absolute Gasteiger partial charge is 0.0524 e. The van der Waals surface area contributed by atoms with E-state index in [0.29, 0.717) is 5.92 Å². The highest BCUT2D eigenvalue weighted by atomic mass is 15.3. The first-order valence-electron chi connectivity index (χ1n) is 8.79. The molecular weight excluding hydrogens is 258 g/mol. The van der Waals surface area contributed by atoms with Gasteiger partial charge in [0.05, 0.1) is 6.20 Å². The monoisotopic (exact) mass is 291 g/mol. The largest absolute Gasteiger partial charge is 0.303 e. The molecule has 0 amide bonds. The average molecular weight is 291 g/mol. The van der Waals surface area contributed by atoms with Crippen molar-refractivity contribution in [1.29, 1.82) is 0 Å². The minimum absolute atomic E-state index is 0.585. The van der Waals surface area contributed by atoms with Crippen LogP contribution in [0.4, 0.5) is 0 Å². The summed E-state index contributed by atoms with van der Waals surface area (Å²) in [7, 11) is 0. The Hall–Kier alpha value is -0.830. The summed E-state index contributed by atoms with van der Waals surface area (Å²) in [5.41, 5.74) is 1.36. The van der Waals surface area contributed by atoms with Crippen LogP contribution in [0.15, 0.2) is 12.4 Å². The molecule has 0 unspecified atom stereocenters. The zero-order valence-electron chi connectivity index (χ0n) is 14.4. The first kappa shape index (κ1) is 16.5. The van der Waals surface area contributed by atoms with Gasteiger partial charge in [0.15, 0.2) is 0 Å². The van der Waals surface area contributed by atoms with Crippen LogP contribution in [0.2, 0.25) is 0 Å². The molecule has 0 aromatic carbocycles. The van der Waals surface area contributed by atoms with E-state index >= 15 is 0 Å². The van der Waals surface area contributed by atoms with E-state index in [2.05, 4.69) is 48.6 Å². The van der Waals surface area contributed by atoms with E-state index in [4.69, 9.17) is 0 Å². The van der Waals surface area contributed by atoms with Crippen LogP contribution in [0.1, 0.15) is 64.9 Å². The molecule has 0 radical (unpaired) electrons. The van der Waals surface area contributed by atoms with Crippen LogP contribution in [0.25, 0.3) is 0 Å². The van der Waals surface area contributed by atoms with Gasteiger partial charge in [0.25, 0.3) is 0 Å². The van der Waals surface area contributed by atoms with Crippen molar-refractivity contribution < 1.29 is 0 Å². The van der Waals surface area contributed by atoms with E-state index in [0.717, 1.165) is 18.4 Å². The summed E-state index contributed by atoms with van der Waals surface area (Å²) in [4.78, 5) is 2.65. The van der Waals surface area contributed by atoms with Crippen molar-refractivity contribution >= 4 is 0 Å². The van der Waals surface area contributed by atoms with Gasteiger partial charge < -0.3 is 4.90 Å². The van der Waals surface area contributed by atoms with Gasteiger partial charge in [0, 0.05) is 12.7 Å². The quantitative estimate of drug-likeness (QED) is 0.752. The number of piperidine rings is 1. The molecule has 0 aliphatic carbocycles. The van der Waals surface area contributed by atoms with Gasteiger partial charge in [-0.1, -0.05) is 27.7 Å². The maximum Gasteiger partial charge on any atom is 0.0524 e. The van der Waals surface area contributed by atoms with Crippen LogP contribution < -0.4 is 0 Å². The molecule has 2 heterocycles. The van der Waals surface area contributed by atoms with Gasteiger partial charge in [-0.15, -0.1) is 0 Å². The molecule has 0 N–H and O–H groups in total. The van der Waals surface area contributed by atoms with Gasteiger partial charge in [-0.25, -0.2) is 0 Å². The Bertz CT molecular complexity index is 400. The minimum atomic E-state index is 0.585. The minimum Gasteiger partial charge on any atom is -0.303 e. The van der Waals surface area contributed by atoms with Crippen molar-refractivity contribution in [2.24, 2.45) is 11.8 Å². The molecule has 0 saturated carbocycles. The molecule has 3 nitrogen and oxygen atoms in total. The van der Waals surface area contributed by atoms with Gasteiger partial charge >= 0.3 is 0 Å². The number of likely N-dealkylation sites (tertiary alicyclic amines) is 1. The molecular formula is C18H33N3. The molecule has 0 atom stereocenters. The van der Waals surface area contributed by atoms with Crippen molar-refractivity contribution in [3.05, 3.63) is 18.0 Å². The van der Waals surface area contributed by atoms with Crippen LogP contribution in [-0.4, -0.2) is 34.3 Å². The van der Waals surface area contributed by atoms with Crippen molar-refractivity contribution in [3.8, 4) is 0 Å². The molecule has 3 heteroatoms. The lowest BCUT2D eigenvalue weighted by atomic mass is 9.96. The van der Waals surface area contributed by atoms with E-state index in [9.17, 15) is 0 Å². The lowest BCUT2D eigenvalue weighted by molar-refractivity contribution is 0.167. The molecule has 1 fully saturated rings. The van der Waals surface area contributed by atoms with Gasteiger partial charge in [0.1, 0.15) is 0 Å². The third-order valence-corrected chi connectivity index (χ3v) is 4.73. The molecule has 1 aromatic rings. The highest BCUT2D eigenvalue weighted by Gasteiger charge is 2.19. The first-order valence-corrected chi connectivity index (χ1v) is 8.79. The lowest BCUT2D eigenvalue weighted by Crippen LogP contribution is -2.35. The van der Waals surface area contributed by atoms with Gasteiger partial charge in [0.2, 0.25) is 0 Å². The SMILES string of the molecule is CC(C)CCCN1CCC(Cn2cc(C(C)C)cn2)CC1. The Morgan fingerprint density at radius 3 is 2.48 bits per heavy atom. The fourth-order valence-corrected chi connectivity index (χ4v) is 3.16. The predicted molar refractivity (Wildman–Crippen MR) is 89.6 cm³/mol. The van der Waals surface area contributed by atoms with Crippen molar-refractivity contribution in [3.63, 3.8) is 0 Å². The highest BCUT2D eigenvalue weighted by Crippen LogP contribution is 2.21. The molecule has 120 valence electrons. The van der Waals surface area contributed by atoms with E-state index in [-0.39, 0.29) is 0 Å². The van der Waals surface area contributed by atoms with Gasteiger partial charge in [-0.2, -0.15) is 5.10 Å². The maximum atomic E-state index is 4.52. The fourth-order valence-electron chi connectivity index (χ4n) is 3.16. The summed E-state index contributed by atoms with van der Waals surface area (Å²) in [6.45, 7) is 14.1. The third-order valence-electron chi connectivity index (χ3n) is 4.73. The van der Waals surface area contributed by atoms with Crippen molar-refractivity contribution in [2.45, 2.75) is 65.8 Å². The second-order valence-corrected chi connectivity index (χ2v) is 7.47. The number of hydrogen-bond acceptors (Lipinski definition) is 2. The van der Waals surface area contributed by atoms with Crippen molar-refractivity contribution in [1.82, 2.24) is 14.7 Å². The fraction of sp³-hybridized carbons (Fsp3) is 0.833. The summed E-state index contributed by atoms with van der Waals surface area (Å²) >= 11 is 0. The molecule has 1 aromatic heterocycles. The molecule has 2 rings (SSSR count). The Morgan fingerprint density at radius 2 is 1.90 bits per heavy atom. The first-order chi connectivity index (χ1) is 10.0. The standard InChI is InChI=1S/C18H33N3/c1-15(2)6-5-9-20-10-7-17(8-11-20)13-21-14-18(12-19-21)16(3)4/h12,14-17H,5-11,13H2,1-4H3. The molecule has 1 saturated heterocycles. The molecule has 0 bridgehead atoms. The Kier molecular flexibility index (Phi) is 6.28. The van der Waals surface area contributed by atoms with Crippen LogP contribution in [0.3, 0.4) is 0 Å². The summed E-state index contributed by atoms with van der Waals surface area (Å²) < 4.78 is 2.16. The number of hydrogen-bond donors (Lipinski definition) is 0. The van der Waals surface area contributed by atoms with E-state index in [1.54, 1.807) is 0 Å². The Labute approximate surface area is 130 Å². The Morgan fingerprint density at radius 1 is 1.19 bits per heavy atom. The average Bonchev–Trinajstić information content (AvgIpc) is 2.89. The molecule has 0 spiro atoms. The third kappa shape index (κ3) is 5.46. The second kappa shape index (κ2) is 7.98. The van der Waals surface area contributed by atoms with E-state index in [1.807, 2.05) is 6.20 Å². The van der Waals surface area contributed by atoms with Crippen LogP contribution in [0, 0.1) is 11.8 Å². The Balaban J connectivity index is 1.68. The van der Waals surface area contributed by atoms with E-state index in [1.165, 1.54) is 50.9 Å². The van der Waals surface area contributed by atoms with Crippen LogP contribution >= 0.6 is 0 Å². The summed E-state index contributed by atoms with van der Waals surface area (Å²) in [5, 5.41) is 4.52. The zero-order valence-corrected chi connectivity index (χ0v) is 14.4. The summed E-state index contributed by atoms with van der Waals surface area (Å²) in [6, 6.07) is 0. The van der Waals surface area contributed by atoms with Gasteiger partial charge in [-0.3, -0.25) is 4.68 Å². The zero-order chi connectivity index (χ0) is 15.2. The van der Waals surface area contributed by atoms with Gasteiger partial charge in [-0.05, 0) is 68.6 Å². The lowest BCUT2D eigenvalue weighted by Gasteiger charge is -2.32. The predicted octanol–water partition coefficient (Wildman–Crippen LogP) is 4.15. The molecule has 1 aliphatic heterocycles. The van der Waals surface area contributed by atoms with E-state index < -0.39 is 0 Å².